The third kappa shape index (κ3) is 7.23. The third-order valence-corrected chi connectivity index (χ3v) is 3.65. The van der Waals surface area contributed by atoms with Crippen LogP contribution in [0.25, 0.3) is 0 Å². The van der Waals surface area contributed by atoms with Crippen LogP contribution in [-0.4, -0.2) is 13.7 Å². The van der Waals surface area contributed by atoms with E-state index in [4.69, 9.17) is 4.74 Å². The fourth-order valence-electron chi connectivity index (χ4n) is 2.32. The molecular formula is C21H31NO. The van der Waals surface area contributed by atoms with E-state index in [9.17, 15) is 0 Å². The Labute approximate surface area is 142 Å². The van der Waals surface area contributed by atoms with Crippen molar-refractivity contribution in [2.45, 2.75) is 46.0 Å². The minimum absolute atomic E-state index is 0.770. The van der Waals surface area contributed by atoms with Gasteiger partial charge in [-0.25, -0.2) is 0 Å². The summed E-state index contributed by atoms with van der Waals surface area (Å²) in [5.41, 5.74) is 2.17. The molecule has 2 heteroatoms. The number of nitrogens with zero attached hydrogens (tertiary/aromatic N) is 1. The number of rotatable bonds is 11. The van der Waals surface area contributed by atoms with E-state index in [-0.39, 0.29) is 0 Å². The molecule has 0 fully saturated rings. The van der Waals surface area contributed by atoms with Crippen LogP contribution in [0.2, 0.25) is 0 Å². The summed E-state index contributed by atoms with van der Waals surface area (Å²) in [5, 5.41) is 0. The predicted molar refractivity (Wildman–Crippen MR) is 102 cm³/mol. The molecule has 0 aliphatic heterocycles. The maximum Gasteiger partial charge on any atom is 0.123 e. The molecule has 126 valence electrons. The van der Waals surface area contributed by atoms with Gasteiger partial charge in [-0.15, -0.1) is 0 Å². The largest absolute Gasteiger partial charge is 0.493 e. The lowest BCUT2D eigenvalue weighted by molar-refractivity contribution is 0.213. The fourth-order valence-corrected chi connectivity index (χ4v) is 2.32. The summed E-state index contributed by atoms with van der Waals surface area (Å²) in [5.74, 6) is 0.932. The van der Waals surface area contributed by atoms with Crippen molar-refractivity contribution in [1.82, 2.24) is 0 Å². The van der Waals surface area contributed by atoms with Crippen LogP contribution in [0.15, 0.2) is 66.6 Å². The molecule has 0 radical (unpaired) electrons. The molecule has 0 aliphatic rings. The molecule has 0 saturated carbocycles. The second kappa shape index (κ2) is 11.6. The minimum atomic E-state index is 0.770. The molecule has 0 N–H and O–H groups in total. The van der Waals surface area contributed by atoms with Gasteiger partial charge in [0, 0.05) is 24.5 Å². The van der Waals surface area contributed by atoms with E-state index in [1.165, 1.54) is 19.3 Å². The summed E-state index contributed by atoms with van der Waals surface area (Å²) >= 11 is 0. The highest BCUT2D eigenvalue weighted by Crippen LogP contribution is 2.19. The normalized spacial score (nSPS) is 12.1. The van der Waals surface area contributed by atoms with Crippen molar-refractivity contribution in [3.8, 4) is 0 Å². The van der Waals surface area contributed by atoms with Gasteiger partial charge in [-0.3, -0.25) is 0 Å². The van der Waals surface area contributed by atoms with Crippen molar-refractivity contribution in [2.24, 2.45) is 0 Å². The number of hydrogen-bond donors (Lipinski definition) is 0. The van der Waals surface area contributed by atoms with Crippen LogP contribution >= 0.6 is 0 Å². The van der Waals surface area contributed by atoms with Gasteiger partial charge in [0.15, 0.2) is 0 Å². The van der Waals surface area contributed by atoms with Gasteiger partial charge in [0.05, 0.1) is 6.61 Å². The van der Waals surface area contributed by atoms with Gasteiger partial charge in [-0.2, -0.15) is 0 Å². The van der Waals surface area contributed by atoms with E-state index >= 15 is 0 Å². The van der Waals surface area contributed by atoms with Gasteiger partial charge in [0.25, 0.3) is 0 Å². The Morgan fingerprint density at radius 3 is 2.48 bits per heavy atom. The quantitative estimate of drug-likeness (QED) is 0.279. The van der Waals surface area contributed by atoms with E-state index in [1.54, 1.807) is 0 Å². The summed E-state index contributed by atoms with van der Waals surface area (Å²) in [6.45, 7) is 9.07. The van der Waals surface area contributed by atoms with Crippen LogP contribution < -0.4 is 4.90 Å². The predicted octanol–water partition coefficient (Wildman–Crippen LogP) is 6.08. The monoisotopic (exact) mass is 313 g/mol. The summed E-state index contributed by atoms with van der Waals surface area (Å²) in [7, 11) is 2.05. The van der Waals surface area contributed by atoms with Crippen LogP contribution in [0.1, 0.15) is 46.0 Å². The van der Waals surface area contributed by atoms with Crippen molar-refractivity contribution < 1.29 is 4.74 Å². The average Bonchev–Trinajstić information content (AvgIpc) is 2.59. The topological polar surface area (TPSA) is 12.5 Å². The van der Waals surface area contributed by atoms with Crippen LogP contribution in [0.4, 0.5) is 5.69 Å². The molecule has 23 heavy (non-hydrogen) atoms. The van der Waals surface area contributed by atoms with Crippen LogP contribution in [0, 0.1) is 0 Å². The van der Waals surface area contributed by atoms with Crippen LogP contribution in [0.3, 0.4) is 0 Å². The van der Waals surface area contributed by atoms with Crippen molar-refractivity contribution in [3.05, 3.63) is 66.6 Å². The molecule has 0 amide bonds. The Bertz CT molecular complexity index is 502. The average molecular weight is 313 g/mol. The number of hydrogen-bond acceptors (Lipinski definition) is 2. The number of anilines is 1. The molecule has 0 heterocycles. The van der Waals surface area contributed by atoms with Gasteiger partial charge in [0.2, 0.25) is 0 Å². The Morgan fingerprint density at radius 2 is 1.87 bits per heavy atom. The maximum atomic E-state index is 6.01. The zero-order valence-electron chi connectivity index (χ0n) is 14.9. The lowest BCUT2D eigenvalue weighted by Gasteiger charge is -2.18. The van der Waals surface area contributed by atoms with Gasteiger partial charge < -0.3 is 9.64 Å². The molecule has 0 aliphatic carbocycles. The molecule has 1 rings (SSSR count). The summed E-state index contributed by atoms with van der Waals surface area (Å²) in [4.78, 5) is 2.10. The molecular weight excluding hydrogens is 282 g/mol. The molecule has 0 unspecified atom stereocenters. The standard InChI is InChI=1S/C21H31NO/c1-5-8-9-13-17-23-21(14-6-2)19(7-3)18-22(4)20-15-11-10-12-16-20/h7,10-12,14-16,18H,3,5-6,8-9,13,17H2,1-2,4H3/b19-18-,21-14-. The van der Waals surface area contributed by atoms with Crippen LogP contribution in [0.5, 0.6) is 0 Å². The molecule has 1 aromatic rings. The van der Waals surface area contributed by atoms with Crippen LogP contribution in [-0.2, 0) is 4.74 Å². The third-order valence-electron chi connectivity index (χ3n) is 3.65. The SMILES string of the molecule is C=CC(=C/N(C)c1ccccc1)/C(=C/CC)OCCCCCC. The smallest absolute Gasteiger partial charge is 0.123 e. The number of benzene rings is 1. The lowest BCUT2D eigenvalue weighted by Crippen LogP contribution is -2.10. The Kier molecular flexibility index (Phi) is 9.62. The second-order valence-electron chi connectivity index (χ2n) is 5.62. The highest BCUT2D eigenvalue weighted by Gasteiger charge is 2.05. The summed E-state index contributed by atoms with van der Waals surface area (Å²) in [6.07, 6.45) is 11.9. The van der Waals surface area contributed by atoms with Gasteiger partial charge >= 0.3 is 0 Å². The Hall–Kier alpha value is -1.96. The van der Waals surface area contributed by atoms with E-state index in [0.29, 0.717) is 0 Å². The Morgan fingerprint density at radius 1 is 1.13 bits per heavy atom. The number of allylic oxidation sites excluding steroid dienone is 2. The number of ether oxygens (including phenoxy) is 1. The summed E-state index contributed by atoms with van der Waals surface area (Å²) in [6, 6.07) is 10.3. The summed E-state index contributed by atoms with van der Waals surface area (Å²) < 4.78 is 6.01. The molecule has 2 nitrogen and oxygen atoms in total. The maximum absolute atomic E-state index is 6.01. The molecule has 0 saturated heterocycles. The highest BCUT2D eigenvalue weighted by molar-refractivity contribution is 5.51. The van der Waals surface area contributed by atoms with E-state index in [2.05, 4.69) is 49.7 Å². The Balaban J connectivity index is 2.75. The first-order valence-electron chi connectivity index (χ1n) is 8.68. The van der Waals surface area contributed by atoms with Crippen molar-refractivity contribution >= 4 is 5.69 Å². The highest BCUT2D eigenvalue weighted by atomic mass is 16.5. The lowest BCUT2D eigenvalue weighted by atomic mass is 10.2. The van der Waals surface area contributed by atoms with E-state index < -0.39 is 0 Å². The molecule has 0 spiro atoms. The number of unbranched alkanes of at least 4 members (excludes halogenated alkanes) is 3. The van der Waals surface area contributed by atoms with E-state index in [1.807, 2.05) is 31.3 Å². The number of para-hydroxylation sites is 1. The van der Waals surface area contributed by atoms with Crippen molar-refractivity contribution in [1.29, 1.82) is 0 Å². The second-order valence-corrected chi connectivity index (χ2v) is 5.62. The molecule has 0 aromatic heterocycles. The zero-order chi connectivity index (χ0) is 16.9. The molecule has 1 aromatic carbocycles. The van der Waals surface area contributed by atoms with Crippen molar-refractivity contribution in [2.75, 3.05) is 18.6 Å². The molecule has 0 atom stereocenters. The molecule has 0 bridgehead atoms. The van der Waals surface area contributed by atoms with Gasteiger partial charge in [0.1, 0.15) is 5.76 Å². The first-order valence-corrected chi connectivity index (χ1v) is 8.68. The van der Waals surface area contributed by atoms with Gasteiger partial charge in [-0.05, 0) is 31.1 Å². The van der Waals surface area contributed by atoms with E-state index in [0.717, 1.165) is 36.5 Å². The zero-order valence-corrected chi connectivity index (χ0v) is 14.9. The first-order chi connectivity index (χ1) is 11.2. The van der Waals surface area contributed by atoms with Gasteiger partial charge in [-0.1, -0.05) is 64.0 Å². The van der Waals surface area contributed by atoms with Crippen molar-refractivity contribution in [3.63, 3.8) is 0 Å². The fraction of sp³-hybridized carbons (Fsp3) is 0.429. The minimum Gasteiger partial charge on any atom is -0.493 e. The first kappa shape index (κ1) is 19.1.